The van der Waals surface area contributed by atoms with Crippen LogP contribution in [0.5, 0.6) is 0 Å². The highest BCUT2D eigenvalue weighted by atomic mass is 35.5. The fraction of sp³-hybridized carbons (Fsp3) is 0.611. The molecule has 0 saturated heterocycles. The van der Waals surface area contributed by atoms with Gasteiger partial charge in [0.1, 0.15) is 0 Å². The fourth-order valence-electron chi connectivity index (χ4n) is 1.82. The third-order valence-corrected chi connectivity index (χ3v) is 3.20. The molecule has 0 aromatic carbocycles. The van der Waals surface area contributed by atoms with E-state index in [0.717, 1.165) is 32.1 Å². The molecular formula is C18H29ClO. The van der Waals surface area contributed by atoms with Gasteiger partial charge >= 0.3 is 0 Å². The smallest absolute Gasteiger partial charge is 0.221 e. The van der Waals surface area contributed by atoms with Crippen molar-refractivity contribution in [1.82, 2.24) is 0 Å². The van der Waals surface area contributed by atoms with E-state index in [1.165, 1.54) is 25.7 Å². The number of carbonyl (C=O) groups excluding carboxylic acids is 1. The van der Waals surface area contributed by atoms with Crippen LogP contribution in [0.2, 0.25) is 0 Å². The van der Waals surface area contributed by atoms with E-state index in [4.69, 9.17) is 11.6 Å². The van der Waals surface area contributed by atoms with Crippen molar-refractivity contribution in [3.8, 4) is 0 Å². The fourth-order valence-corrected chi connectivity index (χ4v) is 1.95. The van der Waals surface area contributed by atoms with Gasteiger partial charge in [-0.15, -0.1) is 0 Å². The third-order valence-electron chi connectivity index (χ3n) is 3.01. The highest BCUT2D eigenvalue weighted by Gasteiger charge is 1.93. The van der Waals surface area contributed by atoms with Gasteiger partial charge in [0.05, 0.1) is 0 Å². The monoisotopic (exact) mass is 296 g/mol. The van der Waals surface area contributed by atoms with E-state index in [1.54, 1.807) is 0 Å². The average molecular weight is 297 g/mol. The van der Waals surface area contributed by atoms with Crippen molar-refractivity contribution in [3.05, 3.63) is 36.5 Å². The molecule has 114 valence electrons. The molecule has 0 radical (unpaired) electrons. The van der Waals surface area contributed by atoms with Gasteiger partial charge in [0.15, 0.2) is 0 Å². The van der Waals surface area contributed by atoms with Crippen LogP contribution in [0, 0.1) is 0 Å². The van der Waals surface area contributed by atoms with Crippen LogP contribution in [0.4, 0.5) is 0 Å². The predicted molar refractivity (Wildman–Crippen MR) is 90.1 cm³/mol. The molecule has 0 amide bonds. The number of halogens is 1. The molecule has 0 aliphatic carbocycles. The third kappa shape index (κ3) is 17.2. The molecule has 0 N–H and O–H groups in total. The first kappa shape index (κ1) is 19.2. The van der Waals surface area contributed by atoms with Gasteiger partial charge in [-0.1, -0.05) is 56.2 Å². The predicted octanol–water partition coefficient (Wildman–Crippen LogP) is 6.34. The van der Waals surface area contributed by atoms with Crippen LogP contribution in [0.15, 0.2) is 36.5 Å². The van der Waals surface area contributed by atoms with E-state index in [2.05, 4.69) is 43.4 Å². The van der Waals surface area contributed by atoms with Crippen LogP contribution in [0.1, 0.15) is 71.1 Å². The number of unbranched alkanes of at least 4 members (excludes halogenated alkanes) is 5. The van der Waals surface area contributed by atoms with E-state index in [0.29, 0.717) is 6.42 Å². The van der Waals surface area contributed by atoms with Gasteiger partial charge in [-0.3, -0.25) is 4.79 Å². The summed E-state index contributed by atoms with van der Waals surface area (Å²) in [4.78, 5) is 10.5. The van der Waals surface area contributed by atoms with Crippen molar-refractivity contribution in [2.45, 2.75) is 71.1 Å². The summed E-state index contributed by atoms with van der Waals surface area (Å²) in [5.41, 5.74) is 0. The molecule has 0 unspecified atom stereocenters. The summed E-state index contributed by atoms with van der Waals surface area (Å²) >= 11 is 5.26. The number of allylic oxidation sites excluding steroid dienone is 6. The Morgan fingerprint density at radius 3 is 1.80 bits per heavy atom. The van der Waals surface area contributed by atoms with Gasteiger partial charge in [0, 0.05) is 6.42 Å². The normalized spacial score (nSPS) is 12.1. The minimum atomic E-state index is -0.223. The second-order valence-corrected chi connectivity index (χ2v) is 5.40. The van der Waals surface area contributed by atoms with Crippen LogP contribution in [0.3, 0.4) is 0 Å². The van der Waals surface area contributed by atoms with Gasteiger partial charge in [-0.05, 0) is 56.5 Å². The molecule has 0 aromatic rings. The molecule has 0 atom stereocenters. The minimum absolute atomic E-state index is 0.223. The van der Waals surface area contributed by atoms with E-state index in [-0.39, 0.29) is 5.24 Å². The van der Waals surface area contributed by atoms with Crippen molar-refractivity contribution in [1.29, 1.82) is 0 Å². The van der Waals surface area contributed by atoms with Crippen molar-refractivity contribution < 1.29 is 4.79 Å². The van der Waals surface area contributed by atoms with E-state index < -0.39 is 0 Å². The van der Waals surface area contributed by atoms with Crippen molar-refractivity contribution in [3.63, 3.8) is 0 Å². The topological polar surface area (TPSA) is 17.1 Å². The average Bonchev–Trinajstić information content (AvgIpc) is 2.43. The Morgan fingerprint density at radius 1 is 0.800 bits per heavy atom. The summed E-state index contributed by atoms with van der Waals surface area (Å²) < 4.78 is 0. The Morgan fingerprint density at radius 2 is 1.30 bits per heavy atom. The maximum Gasteiger partial charge on any atom is 0.221 e. The Labute approximate surface area is 129 Å². The first-order valence-corrected chi connectivity index (χ1v) is 8.28. The molecule has 0 rings (SSSR count). The summed E-state index contributed by atoms with van der Waals surface area (Å²) in [7, 11) is 0. The largest absolute Gasteiger partial charge is 0.281 e. The molecule has 0 fully saturated rings. The van der Waals surface area contributed by atoms with Gasteiger partial charge in [-0.25, -0.2) is 0 Å². The van der Waals surface area contributed by atoms with Gasteiger partial charge in [0.2, 0.25) is 5.24 Å². The SMILES string of the molecule is CCCCCC=CCC=CC/C=C\CCCCC(=O)Cl. The molecule has 0 heterocycles. The van der Waals surface area contributed by atoms with Crippen LogP contribution >= 0.6 is 11.6 Å². The number of hydrogen-bond acceptors (Lipinski definition) is 1. The molecule has 20 heavy (non-hydrogen) atoms. The molecule has 0 aliphatic rings. The van der Waals surface area contributed by atoms with Crippen molar-refractivity contribution in [2.24, 2.45) is 0 Å². The minimum Gasteiger partial charge on any atom is -0.281 e. The zero-order chi connectivity index (χ0) is 14.9. The molecule has 0 bridgehead atoms. The van der Waals surface area contributed by atoms with E-state index in [9.17, 15) is 4.79 Å². The highest BCUT2D eigenvalue weighted by molar-refractivity contribution is 6.63. The van der Waals surface area contributed by atoms with Gasteiger partial charge < -0.3 is 0 Å². The Bertz CT molecular complexity index is 303. The van der Waals surface area contributed by atoms with E-state index >= 15 is 0 Å². The zero-order valence-corrected chi connectivity index (χ0v) is 13.6. The number of hydrogen-bond donors (Lipinski definition) is 0. The molecule has 0 saturated carbocycles. The summed E-state index contributed by atoms with van der Waals surface area (Å²) in [5, 5.41) is -0.223. The molecule has 1 nitrogen and oxygen atoms in total. The summed E-state index contributed by atoms with van der Waals surface area (Å²) in [6.45, 7) is 2.23. The standard InChI is InChI=1S/C18H29ClO/c1-2-3-4-5-6-7-8-9-10-11-12-13-14-15-16-17-18(19)20/h6-7,9-10,12-13H,2-5,8,11,14-17H2,1H3/b7-6?,10-9?,13-12-. The maximum absolute atomic E-state index is 10.5. The molecule has 0 aromatic heterocycles. The van der Waals surface area contributed by atoms with Crippen molar-refractivity contribution >= 4 is 16.8 Å². The van der Waals surface area contributed by atoms with Crippen LogP contribution in [0.25, 0.3) is 0 Å². The molecular weight excluding hydrogens is 268 g/mol. The Balaban J connectivity index is 3.32. The lowest BCUT2D eigenvalue weighted by molar-refractivity contribution is -0.111. The van der Waals surface area contributed by atoms with Crippen LogP contribution < -0.4 is 0 Å². The highest BCUT2D eigenvalue weighted by Crippen LogP contribution is 2.04. The van der Waals surface area contributed by atoms with Gasteiger partial charge in [0.25, 0.3) is 0 Å². The second kappa shape index (κ2) is 16.2. The Hall–Kier alpha value is -0.820. The lowest BCUT2D eigenvalue weighted by Crippen LogP contribution is -1.84. The number of rotatable bonds is 13. The summed E-state index contributed by atoms with van der Waals surface area (Å²) in [6.07, 6.45) is 24.0. The van der Waals surface area contributed by atoms with Crippen LogP contribution in [-0.2, 0) is 4.79 Å². The lowest BCUT2D eigenvalue weighted by Gasteiger charge is -1.92. The van der Waals surface area contributed by atoms with Crippen LogP contribution in [-0.4, -0.2) is 5.24 Å². The summed E-state index contributed by atoms with van der Waals surface area (Å²) in [6, 6.07) is 0. The Kier molecular flexibility index (Phi) is 15.6. The quantitative estimate of drug-likeness (QED) is 0.220. The zero-order valence-electron chi connectivity index (χ0n) is 12.8. The first-order valence-electron chi connectivity index (χ1n) is 7.90. The maximum atomic E-state index is 10.5. The van der Waals surface area contributed by atoms with E-state index in [1.807, 2.05) is 0 Å². The van der Waals surface area contributed by atoms with Crippen molar-refractivity contribution in [2.75, 3.05) is 0 Å². The van der Waals surface area contributed by atoms with Gasteiger partial charge in [-0.2, -0.15) is 0 Å². The first-order chi connectivity index (χ1) is 9.77. The molecule has 2 heteroatoms. The lowest BCUT2D eigenvalue weighted by atomic mass is 10.2. The number of carbonyl (C=O) groups is 1. The molecule has 0 aliphatic heterocycles. The molecule has 0 spiro atoms. The summed E-state index contributed by atoms with van der Waals surface area (Å²) in [5.74, 6) is 0. The second-order valence-electron chi connectivity index (χ2n) is 4.98.